The summed E-state index contributed by atoms with van der Waals surface area (Å²) in [6.45, 7) is 2.97. The molecule has 1 aliphatic heterocycles. The number of halogens is 2. The van der Waals surface area contributed by atoms with E-state index in [9.17, 15) is 4.79 Å². The van der Waals surface area contributed by atoms with Crippen molar-refractivity contribution >= 4 is 30.7 Å². The Kier molecular flexibility index (Phi) is 9.57. The number of nitrogens with one attached hydrogen (secondary N) is 2. The highest BCUT2D eigenvalue weighted by atomic mass is 35.5. The molecule has 2 N–H and O–H groups in total. The number of carbonyl (C=O) groups excluding carboxylic acids is 1. The number of rotatable bonds is 4. The highest BCUT2D eigenvalue weighted by molar-refractivity contribution is 5.93. The Balaban J connectivity index is 0.00000162. The van der Waals surface area contributed by atoms with Gasteiger partial charge in [0, 0.05) is 18.9 Å². The van der Waals surface area contributed by atoms with Gasteiger partial charge in [-0.3, -0.25) is 9.78 Å². The summed E-state index contributed by atoms with van der Waals surface area (Å²) in [5.41, 5.74) is 0.634. The molecule has 1 aliphatic rings. The van der Waals surface area contributed by atoms with Crippen molar-refractivity contribution in [1.82, 2.24) is 15.6 Å². The zero-order valence-electron chi connectivity index (χ0n) is 10.8. The van der Waals surface area contributed by atoms with Crippen LogP contribution in [-0.2, 0) is 0 Å². The molecule has 108 valence electrons. The van der Waals surface area contributed by atoms with Crippen LogP contribution in [-0.4, -0.2) is 30.5 Å². The maximum Gasteiger partial charge on any atom is 0.252 e. The third-order valence-corrected chi connectivity index (χ3v) is 3.16. The summed E-state index contributed by atoms with van der Waals surface area (Å²) in [5.74, 6) is 0.680. The fourth-order valence-corrected chi connectivity index (χ4v) is 2.16. The number of aromatic nitrogens is 1. The van der Waals surface area contributed by atoms with Crippen LogP contribution in [0.4, 0.5) is 0 Å². The number of pyridine rings is 1. The Morgan fingerprint density at radius 3 is 2.95 bits per heavy atom. The molecule has 1 atom stereocenters. The van der Waals surface area contributed by atoms with Crippen LogP contribution in [0.2, 0.25) is 0 Å². The third kappa shape index (κ3) is 6.23. The lowest BCUT2D eigenvalue weighted by Gasteiger charge is -2.22. The molecule has 0 saturated carbocycles. The second kappa shape index (κ2) is 10.0. The van der Waals surface area contributed by atoms with Gasteiger partial charge in [0.25, 0.3) is 5.91 Å². The molecular weight excluding hydrogens is 285 g/mol. The predicted molar refractivity (Wildman–Crippen MR) is 81.3 cm³/mol. The zero-order chi connectivity index (χ0) is 11.9. The maximum atomic E-state index is 11.7. The Hall–Kier alpha value is -0.840. The van der Waals surface area contributed by atoms with E-state index in [1.54, 1.807) is 24.5 Å². The Morgan fingerprint density at radius 2 is 2.32 bits per heavy atom. The molecule has 0 radical (unpaired) electrons. The van der Waals surface area contributed by atoms with Crippen LogP contribution in [0.5, 0.6) is 0 Å². The molecule has 0 aromatic carbocycles. The van der Waals surface area contributed by atoms with E-state index in [0.717, 1.165) is 26.1 Å². The standard InChI is InChI=1S/C13H19N3O.2ClH/c17-13(12-4-2-7-15-10-12)16-8-5-11-3-1-6-14-9-11;;/h2,4,7,10-11,14H,1,3,5-6,8-9H2,(H,16,17);2*1H. The molecule has 1 saturated heterocycles. The first-order chi connectivity index (χ1) is 8.36. The highest BCUT2D eigenvalue weighted by Crippen LogP contribution is 2.12. The minimum absolute atomic E-state index is 0. The number of nitrogens with zero attached hydrogens (tertiary/aromatic N) is 1. The minimum Gasteiger partial charge on any atom is -0.352 e. The van der Waals surface area contributed by atoms with Crippen molar-refractivity contribution < 1.29 is 4.79 Å². The van der Waals surface area contributed by atoms with Crippen LogP contribution >= 0.6 is 24.8 Å². The maximum absolute atomic E-state index is 11.7. The van der Waals surface area contributed by atoms with Crippen LogP contribution in [0, 0.1) is 5.92 Å². The van der Waals surface area contributed by atoms with E-state index in [4.69, 9.17) is 0 Å². The molecule has 1 amide bonds. The lowest BCUT2D eigenvalue weighted by molar-refractivity contribution is 0.0950. The SMILES string of the molecule is Cl.Cl.O=C(NCCC1CCCNC1)c1cccnc1. The number of carbonyl (C=O) groups is 1. The van der Waals surface area contributed by atoms with Crippen molar-refractivity contribution in [3.8, 4) is 0 Å². The monoisotopic (exact) mass is 305 g/mol. The molecule has 1 aromatic rings. The van der Waals surface area contributed by atoms with E-state index in [1.807, 2.05) is 0 Å². The Bertz CT molecular complexity index is 356. The summed E-state index contributed by atoms with van der Waals surface area (Å²) in [6.07, 6.45) is 6.85. The molecular formula is C13H21Cl2N3O. The van der Waals surface area contributed by atoms with Gasteiger partial charge in [0.15, 0.2) is 0 Å². The second-order valence-electron chi connectivity index (χ2n) is 4.50. The number of piperidine rings is 1. The van der Waals surface area contributed by atoms with Crippen molar-refractivity contribution in [2.45, 2.75) is 19.3 Å². The number of hydrogen-bond acceptors (Lipinski definition) is 3. The van der Waals surface area contributed by atoms with E-state index in [-0.39, 0.29) is 30.7 Å². The Labute approximate surface area is 126 Å². The van der Waals surface area contributed by atoms with Gasteiger partial charge >= 0.3 is 0 Å². The molecule has 2 heterocycles. The van der Waals surface area contributed by atoms with Crippen molar-refractivity contribution in [3.63, 3.8) is 0 Å². The second-order valence-corrected chi connectivity index (χ2v) is 4.50. The quantitative estimate of drug-likeness (QED) is 0.895. The molecule has 0 bridgehead atoms. The molecule has 0 aliphatic carbocycles. The first kappa shape index (κ1) is 18.2. The topological polar surface area (TPSA) is 54.0 Å². The van der Waals surface area contributed by atoms with Gasteiger partial charge in [0.2, 0.25) is 0 Å². The lowest BCUT2D eigenvalue weighted by atomic mass is 9.96. The van der Waals surface area contributed by atoms with Crippen LogP contribution in [0.15, 0.2) is 24.5 Å². The van der Waals surface area contributed by atoms with E-state index >= 15 is 0 Å². The van der Waals surface area contributed by atoms with E-state index in [1.165, 1.54) is 12.8 Å². The molecule has 2 rings (SSSR count). The van der Waals surface area contributed by atoms with Crippen molar-refractivity contribution in [2.75, 3.05) is 19.6 Å². The zero-order valence-corrected chi connectivity index (χ0v) is 12.4. The average molecular weight is 306 g/mol. The Morgan fingerprint density at radius 1 is 1.47 bits per heavy atom. The normalized spacial score (nSPS) is 17.8. The largest absolute Gasteiger partial charge is 0.352 e. The van der Waals surface area contributed by atoms with E-state index in [0.29, 0.717) is 11.5 Å². The summed E-state index contributed by atoms with van der Waals surface area (Å²) < 4.78 is 0. The molecule has 1 aromatic heterocycles. The van der Waals surface area contributed by atoms with Crippen LogP contribution in [0.1, 0.15) is 29.6 Å². The summed E-state index contributed by atoms with van der Waals surface area (Å²) in [5, 5.41) is 6.32. The summed E-state index contributed by atoms with van der Waals surface area (Å²) in [4.78, 5) is 15.7. The molecule has 1 fully saturated rings. The smallest absolute Gasteiger partial charge is 0.252 e. The molecule has 1 unspecified atom stereocenters. The lowest BCUT2D eigenvalue weighted by Crippen LogP contribution is -2.33. The fourth-order valence-electron chi connectivity index (χ4n) is 2.16. The summed E-state index contributed by atoms with van der Waals surface area (Å²) >= 11 is 0. The third-order valence-electron chi connectivity index (χ3n) is 3.16. The number of hydrogen-bond donors (Lipinski definition) is 2. The molecule has 6 heteroatoms. The summed E-state index contributed by atoms with van der Waals surface area (Å²) in [7, 11) is 0. The minimum atomic E-state index is -0.0260. The van der Waals surface area contributed by atoms with E-state index in [2.05, 4.69) is 15.6 Å². The van der Waals surface area contributed by atoms with Gasteiger partial charge in [0.1, 0.15) is 0 Å². The number of amides is 1. The molecule has 0 spiro atoms. The van der Waals surface area contributed by atoms with Crippen LogP contribution in [0.25, 0.3) is 0 Å². The molecule has 19 heavy (non-hydrogen) atoms. The van der Waals surface area contributed by atoms with Gasteiger partial charge in [-0.1, -0.05) is 0 Å². The first-order valence-corrected chi connectivity index (χ1v) is 6.25. The highest BCUT2D eigenvalue weighted by Gasteiger charge is 2.13. The van der Waals surface area contributed by atoms with Crippen LogP contribution < -0.4 is 10.6 Å². The van der Waals surface area contributed by atoms with Crippen molar-refractivity contribution in [2.24, 2.45) is 5.92 Å². The molecule has 4 nitrogen and oxygen atoms in total. The predicted octanol–water partition coefficient (Wildman–Crippen LogP) is 2.04. The van der Waals surface area contributed by atoms with Crippen LogP contribution in [0.3, 0.4) is 0 Å². The van der Waals surface area contributed by atoms with Gasteiger partial charge in [-0.2, -0.15) is 0 Å². The van der Waals surface area contributed by atoms with Crippen molar-refractivity contribution in [1.29, 1.82) is 0 Å². The van der Waals surface area contributed by atoms with Gasteiger partial charge in [0.05, 0.1) is 5.56 Å². The fraction of sp³-hybridized carbons (Fsp3) is 0.538. The average Bonchev–Trinajstić information content (AvgIpc) is 2.41. The van der Waals surface area contributed by atoms with Gasteiger partial charge < -0.3 is 10.6 Å². The summed E-state index contributed by atoms with van der Waals surface area (Å²) in [6, 6.07) is 3.56. The van der Waals surface area contributed by atoms with Crippen molar-refractivity contribution in [3.05, 3.63) is 30.1 Å². The van der Waals surface area contributed by atoms with Gasteiger partial charge in [-0.15, -0.1) is 24.8 Å². The van der Waals surface area contributed by atoms with Gasteiger partial charge in [-0.05, 0) is 50.4 Å². The van der Waals surface area contributed by atoms with Gasteiger partial charge in [-0.25, -0.2) is 0 Å². The first-order valence-electron chi connectivity index (χ1n) is 6.25. The van der Waals surface area contributed by atoms with E-state index < -0.39 is 0 Å².